The molecule has 126 valence electrons. The lowest BCUT2D eigenvalue weighted by molar-refractivity contribution is -0.140. The highest BCUT2D eigenvalue weighted by molar-refractivity contribution is 5.82. The first-order chi connectivity index (χ1) is 10.3. The van der Waals surface area contributed by atoms with Crippen LogP contribution < -0.4 is 5.32 Å². The summed E-state index contributed by atoms with van der Waals surface area (Å²) in [6.45, 7) is 6.91. The normalized spacial score (nSPS) is 21.0. The maximum atomic E-state index is 12.3. The predicted molar refractivity (Wildman–Crippen MR) is 83.2 cm³/mol. The zero-order valence-corrected chi connectivity index (χ0v) is 13.8. The summed E-state index contributed by atoms with van der Waals surface area (Å²) >= 11 is 0. The van der Waals surface area contributed by atoms with Gasteiger partial charge in [0, 0.05) is 31.5 Å². The molecule has 2 N–H and O–H groups in total. The van der Waals surface area contributed by atoms with Crippen LogP contribution in [0, 0.1) is 11.8 Å². The van der Waals surface area contributed by atoms with Crippen LogP contribution in [-0.4, -0.2) is 46.9 Å². The lowest BCUT2D eigenvalue weighted by Crippen LogP contribution is -2.48. The zero-order chi connectivity index (χ0) is 16.7. The van der Waals surface area contributed by atoms with Gasteiger partial charge in [0.2, 0.25) is 11.8 Å². The Morgan fingerprint density at radius 3 is 2.59 bits per heavy atom. The molecule has 3 unspecified atom stereocenters. The molecule has 6 heteroatoms. The highest BCUT2D eigenvalue weighted by atomic mass is 16.4. The minimum absolute atomic E-state index is 0.00342. The summed E-state index contributed by atoms with van der Waals surface area (Å²) in [6.07, 6.45) is 2.89. The Labute approximate surface area is 132 Å². The number of carbonyl (C=O) groups is 3. The SMILES string of the molecule is CCC(C)C(=O)N1CCCC(C(=O)NC(C)CCC(=O)O)C1. The standard InChI is InChI=1S/C16H28N2O4/c1-4-11(2)16(22)18-9-5-6-13(10-18)15(21)17-12(3)7-8-14(19)20/h11-13H,4-10H2,1-3H3,(H,17,21)(H,19,20). The van der Waals surface area contributed by atoms with E-state index in [0.29, 0.717) is 13.0 Å². The molecular weight excluding hydrogens is 284 g/mol. The van der Waals surface area contributed by atoms with Crippen molar-refractivity contribution in [3.63, 3.8) is 0 Å². The first-order valence-electron chi connectivity index (χ1n) is 8.16. The highest BCUT2D eigenvalue weighted by Gasteiger charge is 2.30. The first-order valence-corrected chi connectivity index (χ1v) is 8.16. The van der Waals surface area contributed by atoms with Gasteiger partial charge >= 0.3 is 5.97 Å². The molecule has 1 fully saturated rings. The molecule has 0 spiro atoms. The number of carbonyl (C=O) groups excluding carboxylic acids is 2. The molecule has 1 heterocycles. The summed E-state index contributed by atoms with van der Waals surface area (Å²) in [6, 6.07) is -0.163. The zero-order valence-electron chi connectivity index (χ0n) is 13.8. The van der Waals surface area contributed by atoms with Crippen LogP contribution in [0.2, 0.25) is 0 Å². The topological polar surface area (TPSA) is 86.7 Å². The van der Waals surface area contributed by atoms with Crippen molar-refractivity contribution in [1.29, 1.82) is 0 Å². The fraction of sp³-hybridized carbons (Fsp3) is 0.812. The summed E-state index contributed by atoms with van der Waals surface area (Å²) in [5.41, 5.74) is 0. The molecule has 0 aromatic heterocycles. The molecule has 1 aliphatic rings. The number of nitrogens with one attached hydrogen (secondary N) is 1. The number of hydrogen-bond donors (Lipinski definition) is 2. The quantitative estimate of drug-likeness (QED) is 0.748. The summed E-state index contributed by atoms with van der Waals surface area (Å²) in [5.74, 6) is -0.993. The Kier molecular flexibility index (Phi) is 7.35. The lowest BCUT2D eigenvalue weighted by atomic mass is 9.95. The summed E-state index contributed by atoms with van der Waals surface area (Å²) in [5, 5.41) is 11.5. The van der Waals surface area contributed by atoms with Crippen molar-refractivity contribution in [1.82, 2.24) is 10.2 Å². The van der Waals surface area contributed by atoms with Gasteiger partial charge in [-0.15, -0.1) is 0 Å². The molecule has 0 saturated carbocycles. The van der Waals surface area contributed by atoms with Gasteiger partial charge in [0.05, 0.1) is 5.92 Å². The fourth-order valence-electron chi connectivity index (χ4n) is 2.65. The van der Waals surface area contributed by atoms with Gasteiger partial charge in [-0.3, -0.25) is 14.4 Å². The summed E-state index contributed by atoms with van der Waals surface area (Å²) in [4.78, 5) is 36.8. The lowest BCUT2D eigenvalue weighted by Gasteiger charge is -2.34. The van der Waals surface area contributed by atoms with Crippen molar-refractivity contribution in [2.24, 2.45) is 11.8 Å². The molecule has 0 aromatic carbocycles. The van der Waals surface area contributed by atoms with Crippen molar-refractivity contribution in [2.45, 2.75) is 58.9 Å². The number of hydrogen-bond acceptors (Lipinski definition) is 3. The molecule has 6 nitrogen and oxygen atoms in total. The van der Waals surface area contributed by atoms with Gasteiger partial charge in [-0.25, -0.2) is 0 Å². The van der Waals surface area contributed by atoms with E-state index in [9.17, 15) is 14.4 Å². The van der Waals surface area contributed by atoms with Crippen LogP contribution in [0.5, 0.6) is 0 Å². The van der Waals surface area contributed by atoms with E-state index in [1.54, 1.807) is 4.90 Å². The van der Waals surface area contributed by atoms with Crippen LogP contribution in [0.1, 0.15) is 52.9 Å². The van der Waals surface area contributed by atoms with Gasteiger partial charge in [-0.2, -0.15) is 0 Å². The number of rotatable bonds is 7. The molecule has 0 aliphatic carbocycles. The van der Waals surface area contributed by atoms with E-state index in [2.05, 4.69) is 5.32 Å². The molecule has 22 heavy (non-hydrogen) atoms. The van der Waals surface area contributed by atoms with Gasteiger partial charge in [0.25, 0.3) is 0 Å². The van der Waals surface area contributed by atoms with Crippen LogP contribution >= 0.6 is 0 Å². The second kappa shape index (κ2) is 8.76. The Bertz CT molecular complexity index is 411. The second-order valence-electron chi connectivity index (χ2n) is 6.27. The van der Waals surface area contributed by atoms with Crippen molar-refractivity contribution < 1.29 is 19.5 Å². The van der Waals surface area contributed by atoms with Crippen LogP contribution in [0.4, 0.5) is 0 Å². The van der Waals surface area contributed by atoms with E-state index in [1.165, 1.54) is 0 Å². The Morgan fingerprint density at radius 2 is 2.00 bits per heavy atom. The minimum Gasteiger partial charge on any atom is -0.481 e. The van der Waals surface area contributed by atoms with E-state index in [4.69, 9.17) is 5.11 Å². The van der Waals surface area contributed by atoms with E-state index in [0.717, 1.165) is 25.8 Å². The van der Waals surface area contributed by atoms with Gasteiger partial charge in [0.15, 0.2) is 0 Å². The van der Waals surface area contributed by atoms with Crippen LogP contribution in [0.15, 0.2) is 0 Å². The van der Waals surface area contributed by atoms with Gasteiger partial charge in [-0.05, 0) is 32.6 Å². The molecule has 0 radical (unpaired) electrons. The minimum atomic E-state index is -0.857. The third-order valence-electron chi connectivity index (χ3n) is 4.32. The Morgan fingerprint density at radius 1 is 1.32 bits per heavy atom. The number of amides is 2. The van der Waals surface area contributed by atoms with E-state index in [1.807, 2.05) is 20.8 Å². The first kappa shape index (κ1) is 18.5. The van der Waals surface area contributed by atoms with E-state index >= 15 is 0 Å². The number of likely N-dealkylation sites (tertiary alicyclic amines) is 1. The molecule has 2 amide bonds. The smallest absolute Gasteiger partial charge is 0.303 e. The average Bonchev–Trinajstić information content (AvgIpc) is 2.51. The average molecular weight is 312 g/mol. The molecule has 0 bridgehead atoms. The van der Waals surface area contributed by atoms with Crippen LogP contribution in [-0.2, 0) is 14.4 Å². The van der Waals surface area contributed by atoms with Crippen molar-refractivity contribution >= 4 is 17.8 Å². The van der Waals surface area contributed by atoms with Gasteiger partial charge in [-0.1, -0.05) is 13.8 Å². The van der Waals surface area contributed by atoms with Crippen molar-refractivity contribution in [3.8, 4) is 0 Å². The van der Waals surface area contributed by atoms with Gasteiger partial charge < -0.3 is 15.3 Å². The third kappa shape index (κ3) is 5.66. The maximum Gasteiger partial charge on any atom is 0.303 e. The molecule has 1 aliphatic heterocycles. The predicted octanol–water partition coefficient (Wildman–Crippen LogP) is 1.64. The second-order valence-corrected chi connectivity index (χ2v) is 6.27. The molecular formula is C16H28N2O4. The van der Waals surface area contributed by atoms with Crippen LogP contribution in [0.25, 0.3) is 0 Å². The van der Waals surface area contributed by atoms with Gasteiger partial charge in [0.1, 0.15) is 0 Å². The third-order valence-corrected chi connectivity index (χ3v) is 4.32. The number of nitrogens with zero attached hydrogens (tertiary/aromatic N) is 1. The Balaban J connectivity index is 2.48. The van der Waals surface area contributed by atoms with E-state index in [-0.39, 0.29) is 36.1 Å². The summed E-state index contributed by atoms with van der Waals surface area (Å²) < 4.78 is 0. The van der Waals surface area contributed by atoms with Crippen molar-refractivity contribution in [2.75, 3.05) is 13.1 Å². The van der Waals surface area contributed by atoms with Crippen LogP contribution in [0.3, 0.4) is 0 Å². The number of carboxylic acid groups (broad SMARTS) is 1. The monoisotopic (exact) mass is 312 g/mol. The largest absolute Gasteiger partial charge is 0.481 e. The Hall–Kier alpha value is -1.59. The fourth-order valence-corrected chi connectivity index (χ4v) is 2.65. The number of carboxylic acids is 1. The molecule has 3 atom stereocenters. The molecule has 1 saturated heterocycles. The number of piperidine rings is 1. The van der Waals surface area contributed by atoms with E-state index < -0.39 is 5.97 Å². The highest BCUT2D eigenvalue weighted by Crippen LogP contribution is 2.19. The van der Waals surface area contributed by atoms with Crippen molar-refractivity contribution in [3.05, 3.63) is 0 Å². The number of aliphatic carboxylic acids is 1. The summed E-state index contributed by atoms with van der Waals surface area (Å²) in [7, 11) is 0. The molecule has 1 rings (SSSR count). The molecule has 0 aromatic rings. The maximum absolute atomic E-state index is 12.3.